The Hall–Kier alpha value is -0.350. The van der Waals surface area contributed by atoms with Crippen molar-refractivity contribution in [2.45, 2.75) is 6.92 Å². The summed E-state index contributed by atoms with van der Waals surface area (Å²) in [5.74, 6) is 0. The first-order valence-corrected chi connectivity index (χ1v) is 3.10. The molecule has 0 spiro atoms. The maximum Gasteiger partial charge on any atom is -0.0306 e. The van der Waals surface area contributed by atoms with Gasteiger partial charge in [0.2, 0.25) is 0 Å². The van der Waals surface area contributed by atoms with E-state index in [2.05, 4.69) is 15.8 Å². The van der Waals surface area contributed by atoms with Gasteiger partial charge in [-0.2, -0.15) is 0 Å². The van der Waals surface area contributed by atoms with Gasteiger partial charge in [-0.25, -0.2) is 0 Å². The predicted octanol–water partition coefficient (Wildman–Crippen LogP) is 2.51. The average molecular weight is 126 g/mol. The molecule has 0 fully saturated rings. The summed E-state index contributed by atoms with van der Waals surface area (Å²) in [5, 5.41) is 1.16. The molecule has 0 saturated carbocycles. The lowest BCUT2D eigenvalue weighted by molar-refractivity contribution is 1.72. The molecule has 1 atom stereocenters. The lowest BCUT2D eigenvalue weighted by atomic mass is 10.4. The quantitative estimate of drug-likeness (QED) is 0.394. The van der Waals surface area contributed by atoms with Gasteiger partial charge in [0.1, 0.15) is 0 Å². The van der Waals surface area contributed by atoms with E-state index in [1.165, 1.54) is 0 Å². The highest BCUT2D eigenvalue weighted by atomic mass is 31.0. The molecular weight excluding hydrogens is 115 g/mol. The Labute approximate surface area is 53.2 Å². The Morgan fingerprint density at radius 3 is 2.62 bits per heavy atom. The Kier molecular flexibility index (Phi) is 4.59. The van der Waals surface area contributed by atoms with Gasteiger partial charge in [0.25, 0.3) is 0 Å². The summed E-state index contributed by atoms with van der Waals surface area (Å²) >= 11 is 0. The Bertz CT molecular complexity index is 120. The van der Waals surface area contributed by atoms with Gasteiger partial charge in [0.05, 0.1) is 0 Å². The molecule has 8 heavy (non-hydrogen) atoms. The third-order valence-electron chi connectivity index (χ3n) is 0.669. The normalized spacial score (nSPS) is 12.5. The molecule has 0 radical (unpaired) electrons. The molecule has 0 aliphatic carbocycles. The van der Waals surface area contributed by atoms with Gasteiger partial charge < -0.3 is 0 Å². The number of allylic oxidation sites excluding steroid dienone is 5. The minimum absolute atomic E-state index is 1.16. The van der Waals surface area contributed by atoms with Gasteiger partial charge in [0.15, 0.2) is 0 Å². The summed E-state index contributed by atoms with van der Waals surface area (Å²) < 4.78 is 0. The molecule has 0 bridgehead atoms. The first-order chi connectivity index (χ1) is 3.81. The van der Waals surface area contributed by atoms with Gasteiger partial charge in [-0.05, 0) is 12.2 Å². The van der Waals surface area contributed by atoms with Crippen LogP contribution in [0.1, 0.15) is 6.92 Å². The molecule has 0 N–H and O–H groups in total. The molecule has 44 valence electrons. The van der Waals surface area contributed by atoms with Crippen LogP contribution in [0.4, 0.5) is 0 Å². The van der Waals surface area contributed by atoms with Crippen LogP contribution in [0.15, 0.2) is 36.2 Å². The largest absolute Gasteiger partial charge is 0.106 e. The van der Waals surface area contributed by atoms with Crippen molar-refractivity contribution in [2.75, 3.05) is 0 Å². The zero-order valence-electron chi connectivity index (χ0n) is 5.09. The monoisotopic (exact) mass is 126 g/mol. The smallest absolute Gasteiger partial charge is 0.0306 e. The topological polar surface area (TPSA) is 0 Å². The number of hydrogen-bond donors (Lipinski definition) is 0. The molecule has 0 saturated heterocycles. The predicted molar refractivity (Wildman–Crippen MR) is 42.8 cm³/mol. The van der Waals surface area contributed by atoms with E-state index in [1.54, 1.807) is 6.08 Å². The van der Waals surface area contributed by atoms with Crippen molar-refractivity contribution >= 4 is 9.24 Å². The van der Waals surface area contributed by atoms with Crippen LogP contribution in [0.2, 0.25) is 0 Å². The maximum atomic E-state index is 3.56. The first-order valence-electron chi connectivity index (χ1n) is 2.52. The van der Waals surface area contributed by atoms with Crippen LogP contribution in [0, 0.1) is 0 Å². The van der Waals surface area contributed by atoms with Gasteiger partial charge >= 0.3 is 0 Å². The molecular formula is C7H11P. The molecule has 0 aliphatic heterocycles. The molecule has 0 rings (SSSR count). The van der Waals surface area contributed by atoms with E-state index in [9.17, 15) is 0 Å². The summed E-state index contributed by atoms with van der Waals surface area (Å²) in [7, 11) is 2.60. The van der Waals surface area contributed by atoms with Crippen LogP contribution in [0.25, 0.3) is 0 Å². The van der Waals surface area contributed by atoms with Crippen LogP contribution in [-0.2, 0) is 0 Å². The zero-order chi connectivity index (χ0) is 6.41. The van der Waals surface area contributed by atoms with Crippen molar-refractivity contribution < 1.29 is 0 Å². The van der Waals surface area contributed by atoms with Crippen LogP contribution in [0.3, 0.4) is 0 Å². The fourth-order valence-electron chi connectivity index (χ4n) is 0.384. The van der Waals surface area contributed by atoms with Gasteiger partial charge in [-0.1, -0.05) is 30.9 Å². The Morgan fingerprint density at radius 1 is 1.62 bits per heavy atom. The van der Waals surface area contributed by atoms with Crippen LogP contribution < -0.4 is 0 Å². The molecule has 0 heterocycles. The van der Waals surface area contributed by atoms with Crippen molar-refractivity contribution in [3.8, 4) is 0 Å². The summed E-state index contributed by atoms with van der Waals surface area (Å²) in [5.41, 5.74) is 0. The van der Waals surface area contributed by atoms with Crippen molar-refractivity contribution in [1.82, 2.24) is 0 Å². The van der Waals surface area contributed by atoms with Crippen LogP contribution >= 0.6 is 9.24 Å². The Morgan fingerprint density at radius 2 is 2.25 bits per heavy atom. The second-order valence-electron chi connectivity index (χ2n) is 1.40. The van der Waals surface area contributed by atoms with Crippen LogP contribution in [-0.4, -0.2) is 0 Å². The third-order valence-corrected chi connectivity index (χ3v) is 1.05. The van der Waals surface area contributed by atoms with E-state index in [0.717, 1.165) is 5.31 Å². The lowest BCUT2D eigenvalue weighted by Gasteiger charge is -1.82. The van der Waals surface area contributed by atoms with Gasteiger partial charge in [0, 0.05) is 0 Å². The minimum Gasteiger partial charge on any atom is -0.106 e. The molecule has 0 aliphatic rings. The molecule has 0 aromatic rings. The number of rotatable bonds is 2. The summed E-state index contributed by atoms with van der Waals surface area (Å²) in [4.78, 5) is 0. The van der Waals surface area contributed by atoms with E-state index in [-0.39, 0.29) is 0 Å². The summed E-state index contributed by atoms with van der Waals surface area (Å²) in [6.07, 6.45) is 7.70. The molecule has 0 amide bonds. The van der Waals surface area contributed by atoms with Gasteiger partial charge in [-0.15, -0.1) is 9.24 Å². The SMILES string of the molecule is C=C/C=C(P)\C=C/C. The Balaban J connectivity index is 3.79. The highest BCUT2D eigenvalue weighted by molar-refractivity contribution is 7.22. The summed E-state index contributed by atoms with van der Waals surface area (Å²) in [6, 6.07) is 0. The second-order valence-corrected chi connectivity index (χ2v) is 2.07. The second kappa shape index (κ2) is 4.80. The molecule has 0 aromatic heterocycles. The maximum absolute atomic E-state index is 3.56. The number of hydrogen-bond acceptors (Lipinski definition) is 0. The highest BCUT2D eigenvalue weighted by Gasteiger charge is 1.71. The van der Waals surface area contributed by atoms with Crippen LogP contribution in [0.5, 0.6) is 0 Å². The standard InChI is InChI=1S/C7H11P/c1-3-5-7(8)6-4-2/h3-6H,1,8H2,2H3/b6-4-,7-5+. The first kappa shape index (κ1) is 7.65. The molecule has 1 heteroatoms. The lowest BCUT2D eigenvalue weighted by Crippen LogP contribution is -1.55. The van der Waals surface area contributed by atoms with Crippen molar-refractivity contribution in [3.63, 3.8) is 0 Å². The van der Waals surface area contributed by atoms with E-state index in [4.69, 9.17) is 0 Å². The van der Waals surface area contributed by atoms with E-state index >= 15 is 0 Å². The van der Waals surface area contributed by atoms with E-state index in [0.29, 0.717) is 0 Å². The third kappa shape index (κ3) is 3.83. The molecule has 0 nitrogen and oxygen atoms in total. The minimum atomic E-state index is 1.16. The highest BCUT2D eigenvalue weighted by Crippen LogP contribution is 2.05. The zero-order valence-corrected chi connectivity index (χ0v) is 6.25. The fraction of sp³-hybridized carbons (Fsp3) is 0.143. The summed E-state index contributed by atoms with van der Waals surface area (Å²) in [6.45, 7) is 5.55. The fourth-order valence-corrected chi connectivity index (χ4v) is 0.713. The van der Waals surface area contributed by atoms with Crippen molar-refractivity contribution in [3.05, 3.63) is 36.2 Å². The molecule has 1 unspecified atom stereocenters. The molecule has 0 aromatic carbocycles. The van der Waals surface area contributed by atoms with Gasteiger partial charge in [-0.3, -0.25) is 0 Å². The van der Waals surface area contributed by atoms with Crippen molar-refractivity contribution in [1.29, 1.82) is 0 Å². The van der Waals surface area contributed by atoms with E-state index < -0.39 is 0 Å². The van der Waals surface area contributed by atoms with E-state index in [1.807, 2.05) is 25.2 Å². The van der Waals surface area contributed by atoms with Crippen molar-refractivity contribution in [2.24, 2.45) is 0 Å². The average Bonchev–Trinajstić information content (AvgIpc) is 1.68.